The van der Waals surface area contributed by atoms with Gasteiger partial charge in [0.15, 0.2) is 0 Å². The molecule has 1 unspecified atom stereocenters. The first-order valence-electron chi connectivity index (χ1n) is 4.78. The number of carbonyl (C=O) groups is 1. The highest BCUT2D eigenvalue weighted by molar-refractivity contribution is 5.95. The Labute approximate surface area is 88.5 Å². The second kappa shape index (κ2) is 3.12. The van der Waals surface area contributed by atoms with Gasteiger partial charge in [-0.15, -0.1) is 6.58 Å². The van der Waals surface area contributed by atoms with Crippen LogP contribution in [-0.2, 0) is 5.41 Å². The number of amides is 1. The summed E-state index contributed by atoms with van der Waals surface area (Å²) in [7, 11) is 0. The molecule has 1 aliphatic heterocycles. The molecule has 0 saturated heterocycles. The minimum absolute atomic E-state index is 0.318. The molecule has 0 saturated carbocycles. The largest absolute Gasteiger partial charge is 0.492 e. The van der Waals surface area contributed by atoms with Gasteiger partial charge < -0.3 is 10.5 Å². The summed E-state index contributed by atoms with van der Waals surface area (Å²) in [5.41, 5.74) is 6.39. The molecule has 0 aliphatic carbocycles. The average Bonchev–Trinajstić information content (AvgIpc) is 2.57. The maximum atomic E-state index is 11.3. The van der Waals surface area contributed by atoms with Crippen LogP contribution in [0.1, 0.15) is 22.8 Å². The molecular formula is C12H13NO2. The molecule has 1 aromatic carbocycles. The minimum atomic E-state index is -0.426. The zero-order valence-corrected chi connectivity index (χ0v) is 8.62. The predicted molar refractivity (Wildman–Crippen MR) is 58.0 cm³/mol. The third-order valence-electron chi connectivity index (χ3n) is 2.84. The van der Waals surface area contributed by atoms with Crippen LogP contribution in [0.3, 0.4) is 0 Å². The molecule has 2 N–H and O–H groups in total. The molecule has 0 fully saturated rings. The Bertz CT molecular complexity index is 439. The lowest BCUT2D eigenvalue weighted by Crippen LogP contribution is -2.24. The van der Waals surface area contributed by atoms with Gasteiger partial charge in [0.1, 0.15) is 12.4 Å². The second-order valence-electron chi connectivity index (χ2n) is 3.95. The van der Waals surface area contributed by atoms with Gasteiger partial charge in [-0.25, -0.2) is 0 Å². The molecule has 0 spiro atoms. The molecule has 1 aliphatic rings. The van der Waals surface area contributed by atoms with Gasteiger partial charge in [0.05, 0.1) is 0 Å². The van der Waals surface area contributed by atoms with Crippen LogP contribution < -0.4 is 10.5 Å². The number of ether oxygens (including phenoxy) is 1. The van der Waals surface area contributed by atoms with E-state index >= 15 is 0 Å². The van der Waals surface area contributed by atoms with Crippen LogP contribution in [-0.4, -0.2) is 12.5 Å². The number of benzene rings is 1. The van der Waals surface area contributed by atoms with Crippen molar-refractivity contribution < 1.29 is 9.53 Å². The van der Waals surface area contributed by atoms with Crippen LogP contribution in [0.4, 0.5) is 0 Å². The van der Waals surface area contributed by atoms with E-state index in [4.69, 9.17) is 10.5 Å². The highest BCUT2D eigenvalue weighted by Gasteiger charge is 2.36. The maximum Gasteiger partial charge on any atom is 0.249 e. The van der Waals surface area contributed by atoms with Gasteiger partial charge in [-0.3, -0.25) is 4.79 Å². The summed E-state index contributed by atoms with van der Waals surface area (Å²) < 4.78 is 5.52. The van der Waals surface area contributed by atoms with E-state index in [1.807, 2.05) is 13.0 Å². The third kappa shape index (κ3) is 1.31. The van der Waals surface area contributed by atoms with Crippen molar-refractivity contribution in [1.82, 2.24) is 0 Å². The smallest absolute Gasteiger partial charge is 0.249 e. The highest BCUT2D eigenvalue weighted by atomic mass is 16.5. The Balaban J connectivity index is 2.68. The third-order valence-corrected chi connectivity index (χ3v) is 2.84. The molecule has 3 heteroatoms. The first kappa shape index (κ1) is 9.77. The number of nitrogens with two attached hydrogens (primary N) is 1. The first-order chi connectivity index (χ1) is 7.08. The number of fused-ring (bicyclic) bond motifs is 1. The number of hydrogen-bond donors (Lipinski definition) is 1. The standard InChI is InChI=1S/C12H13NO2/c1-3-12(2)7-15-9-6-4-5-8(10(9)12)11(13)14/h3-6H,1,7H2,2H3,(H2,13,14). The number of carbonyl (C=O) groups excluding carboxylic acids is 1. The summed E-state index contributed by atoms with van der Waals surface area (Å²) in [5.74, 6) is 0.305. The van der Waals surface area contributed by atoms with Gasteiger partial charge in [-0.2, -0.15) is 0 Å². The fourth-order valence-corrected chi connectivity index (χ4v) is 1.91. The molecule has 2 rings (SSSR count). The van der Waals surface area contributed by atoms with Crippen LogP contribution in [0.15, 0.2) is 30.9 Å². The Morgan fingerprint density at radius 3 is 3.00 bits per heavy atom. The topological polar surface area (TPSA) is 52.3 Å². The maximum absolute atomic E-state index is 11.3. The summed E-state index contributed by atoms with van der Waals surface area (Å²) in [6.45, 7) is 6.28. The fourth-order valence-electron chi connectivity index (χ4n) is 1.91. The van der Waals surface area contributed by atoms with Gasteiger partial charge in [0, 0.05) is 16.5 Å². The van der Waals surface area contributed by atoms with Crippen molar-refractivity contribution in [2.45, 2.75) is 12.3 Å². The van der Waals surface area contributed by atoms with E-state index < -0.39 is 5.91 Å². The van der Waals surface area contributed by atoms with Crippen molar-refractivity contribution in [3.63, 3.8) is 0 Å². The van der Waals surface area contributed by atoms with Crippen molar-refractivity contribution >= 4 is 5.91 Å². The van der Waals surface area contributed by atoms with Crippen LogP contribution in [0.25, 0.3) is 0 Å². The molecule has 0 radical (unpaired) electrons. The van der Waals surface area contributed by atoms with Gasteiger partial charge in [0.25, 0.3) is 0 Å². The number of rotatable bonds is 2. The summed E-state index contributed by atoms with van der Waals surface area (Å²) in [4.78, 5) is 11.3. The normalized spacial score (nSPS) is 23.0. The Morgan fingerprint density at radius 1 is 1.67 bits per heavy atom. The predicted octanol–water partition coefficient (Wildman–Crippen LogP) is 1.62. The summed E-state index contributed by atoms with van der Waals surface area (Å²) in [5, 5.41) is 0. The van der Waals surface area contributed by atoms with Crippen molar-refractivity contribution in [3.05, 3.63) is 42.0 Å². The van der Waals surface area contributed by atoms with E-state index in [1.54, 1.807) is 18.2 Å². The van der Waals surface area contributed by atoms with Crippen LogP contribution in [0.5, 0.6) is 5.75 Å². The number of primary amides is 1. The lowest BCUT2D eigenvalue weighted by Gasteiger charge is -2.18. The van der Waals surface area contributed by atoms with Gasteiger partial charge in [-0.1, -0.05) is 12.1 Å². The second-order valence-corrected chi connectivity index (χ2v) is 3.95. The van der Waals surface area contributed by atoms with Crippen molar-refractivity contribution in [3.8, 4) is 5.75 Å². The lowest BCUT2D eigenvalue weighted by atomic mass is 9.82. The van der Waals surface area contributed by atoms with Crippen LogP contribution >= 0.6 is 0 Å². The molecular weight excluding hydrogens is 190 g/mol. The summed E-state index contributed by atoms with van der Waals surface area (Å²) >= 11 is 0. The molecule has 0 aromatic heterocycles. The van der Waals surface area contributed by atoms with Crippen LogP contribution in [0.2, 0.25) is 0 Å². The van der Waals surface area contributed by atoms with E-state index in [2.05, 4.69) is 6.58 Å². The number of hydrogen-bond acceptors (Lipinski definition) is 2. The van der Waals surface area contributed by atoms with E-state index in [0.29, 0.717) is 12.2 Å². The van der Waals surface area contributed by atoms with Gasteiger partial charge in [0.2, 0.25) is 5.91 Å². The monoisotopic (exact) mass is 203 g/mol. The Morgan fingerprint density at radius 2 is 2.40 bits per heavy atom. The van der Waals surface area contributed by atoms with E-state index in [9.17, 15) is 4.79 Å². The highest BCUT2D eigenvalue weighted by Crippen LogP contribution is 2.41. The summed E-state index contributed by atoms with van der Waals surface area (Å²) in [6.07, 6.45) is 1.80. The van der Waals surface area contributed by atoms with Gasteiger partial charge >= 0.3 is 0 Å². The Hall–Kier alpha value is -1.77. The van der Waals surface area contributed by atoms with E-state index in [0.717, 1.165) is 11.3 Å². The van der Waals surface area contributed by atoms with Crippen LogP contribution in [0, 0.1) is 0 Å². The first-order valence-corrected chi connectivity index (χ1v) is 4.78. The molecule has 1 atom stereocenters. The van der Waals surface area contributed by atoms with Crippen molar-refractivity contribution in [2.24, 2.45) is 5.73 Å². The zero-order chi connectivity index (χ0) is 11.1. The Kier molecular flexibility index (Phi) is 2.03. The van der Waals surface area contributed by atoms with E-state index in [-0.39, 0.29) is 5.41 Å². The zero-order valence-electron chi connectivity index (χ0n) is 8.62. The van der Waals surface area contributed by atoms with Crippen molar-refractivity contribution in [1.29, 1.82) is 0 Å². The molecule has 78 valence electrons. The fraction of sp³-hybridized carbons (Fsp3) is 0.250. The molecule has 1 heterocycles. The van der Waals surface area contributed by atoms with Gasteiger partial charge in [-0.05, 0) is 19.1 Å². The molecule has 1 amide bonds. The minimum Gasteiger partial charge on any atom is -0.492 e. The molecule has 0 bridgehead atoms. The van der Waals surface area contributed by atoms with Crippen molar-refractivity contribution in [2.75, 3.05) is 6.61 Å². The summed E-state index contributed by atoms with van der Waals surface area (Å²) in [6, 6.07) is 5.34. The molecule has 3 nitrogen and oxygen atoms in total. The molecule has 1 aromatic rings. The quantitative estimate of drug-likeness (QED) is 0.742. The SMILES string of the molecule is C=CC1(C)COc2cccc(C(N)=O)c21. The average molecular weight is 203 g/mol. The lowest BCUT2D eigenvalue weighted by molar-refractivity contribution is 0.0998. The van der Waals surface area contributed by atoms with E-state index in [1.165, 1.54) is 0 Å². The molecule has 15 heavy (non-hydrogen) atoms.